The first-order valence-electron chi connectivity index (χ1n) is 17.6. The molecule has 0 unspecified atom stereocenters. The predicted octanol–water partition coefficient (Wildman–Crippen LogP) is 8.78. The number of aromatic nitrogens is 6. The van der Waals surface area contributed by atoms with Crippen LogP contribution in [0.1, 0.15) is 31.8 Å². The lowest BCUT2D eigenvalue weighted by molar-refractivity contribution is 0.0691. The van der Waals surface area contributed by atoms with E-state index in [9.17, 15) is 23.2 Å². The Hall–Kier alpha value is -8.08. The summed E-state index contributed by atoms with van der Waals surface area (Å²) in [6, 6.07) is 25.2. The summed E-state index contributed by atoms with van der Waals surface area (Å²) in [7, 11) is 1.45. The van der Waals surface area contributed by atoms with Crippen LogP contribution in [0.4, 0.5) is 20.2 Å². The van der Waals surface area contributed by atoms with Crippen molar-refractivity contribution in [2.75, 3.05) is 7.05 Å². The van der Waals surface area contributed by atoms with Gasteiger partial charge >= 0.3 is 11.7 Å². The largest absolute Gasteiger partial charge is 0.478 e. The van der Waals surface area contributed by atoms with Crippen molar-refractivity contribution in [1.82, 2.24) is 33.6 Å². The number of rotatable bonds is 6. The summed E-state index contributed by atoms with van der Waals surface area (Å²) >= 11 is 5.74. The van der Waals surface area contributed by atoms with E-state index in [0.717, 1.165) is 23.4 Å². The zero-order chi connectivity index (χ0) is 42.1. The highest BCUT2D eigenvalue weighted by atomic mass is 32.1. The van der Waals surface area contributed by atoms with Crippen molar-refractivity contribution < 1.29 is 23.5 Å². The second-order valence-corrected chi connectivity index (χ2v) is 13.3. The Morgan fingerprint density at radius 3 is 1.63 bits per heavy atom. The lowest BCUT2D eigenvalue weighted by atomic mass is 10.1. The molecule has 0 aliphatic carbocycles. The molecule has 0 aliphatic rings. The molecule has 0 radical (unpaired) electrons. The number of carbonyl (C=O) groups is 2. The Morgan fingerprint density at radius 1 is 0.678 bits per heavy atom. The molecule has 8 aromatic rings. The molecule has 13 nitrogen and oxygen atoms in total. The standard InChI is InChI=1S/C22H16FN5OS.C21H13FN4O3/c1-13-11-14(7-9-18(13)24-2)28-20-19(5-4-10-26-20)27(22(28)30)15-6-8-16(17(23)12-15)21(29)25-3;1-12-10-13(6-8-17(12)23-2)26-19-18(4-3-9-24-19)25(21(26)29)14-5-7-15(20(27)28)16(22)11-14/h4-12H,1,3H3,(H,25,29);3-11H,1H3,(H,27,28). The Kier molecular flexibility index (Phi) is 10.5. The monoisotopic (exact) mass is 805 g/mol. The van der Waals surface area contributed by atoms with Crippen LogP contribution in [0.15, 0.2) is 114 Å². The van der Waals surface area contributed by atoms with Crippen molar-refractivity contribution in [3.05, 3.63) is 181 Å². The van der Waals surface area contributed by atoms with Crippen LogP contribution in [-0.2, 0) is 0 Å². The first kappa shape index (κ1) is 39.2. The average molecular weight is 806 g/mol. The van der Waals surface area contributed by atoms with Crippen LogP contribution >= 0.6 is 12.2 Å². The van der Waals surface area contributed by atoms with Gasteiger partial charge in [0.25, 0.3) is 5.91 Å². The van der Waals surface area contributed by atoms with Gasteiger partial charge in [-0.1, -0.05) is 12.1 Å². The molecule has 2 N–H and O–H groups in total. The zero-order valence-electron chi connectivity index (χ0n) is 31.3. The third-order valence-corrected chi connectivity index (χ3v) is 9.81. The highest BCUT2D eigenvalue weighted by Gasteiger charge is 2.21. The van der Waals surface area contributed by atoms with Crippen molar-refractivity contribution >= 4 is 57.8 Å². The van der Waals surface area contributed by atoms with Crippen LogP contribution in [0.25, 0.3) is 54.8 Å². The van der Waals surface area contributed by atoms with E-state index in [-0.39, 0.29) is 11.3 Å². The number of aryl methyl sites for hydroxylation is 2. The van der Waals surface area contributed by atoms with E-state index in [1.165, 1.54) is 40.6 Å². The van der Waals surface area contributed by atoms with Gasteiger partial charge in [-0.3, -0.25) is 18.5 Å². The van der Waals surface area contributed by atoms with Gasteiger partial charge in [0.05, 0.1) is 52.4 Å². The number of amides is 1. The fourth-order valence-electron chi connectivity index (χ4n) is 6.61. The molecular weight excluding hydrogens is 777 g/mol. The SMILES string of the molecule is [C-]#[N+]c1ccc(-n2c(=O)n(-c3ccc(C(=O)O)c(F)c3)c3cccnc32)cc1C.[C-]#[N+]c1ccc(-n2c(=S)n(-c3ccc(C(=O)NC)c(F)c3)c3cccnc32)cc1C. The van der Waals surface area contributed by atoms with Gasteiger partial charge in [0.15, 0.2) is 27.4 Å². The molecule has 0 saturated heterocycles. The van der Waals surface area contributed by atoms with Crippen molar-refractivity contribution in [3.8, 4) is 22.7 Å². The first-order valence-corrected chi connectivity index (χ1v) is 18.0. The highest BCUT2D eigenvalue weighted by molar-refractivity contribution is 7.71. The number of halogens is 2. The average Bonchev–Trinajstić information content (AvgIpc) is 3.69. The number of hydrogen-bond donors (Lipinski definition) is 2. The third kappa shape index (κ3) is 7.01. The topological polar surface area (TPSA) is 138 Å². The van der Waals surface area contributed by atoms with E-state index in [4.69, 9.17) is 30.5 Å². The predicted molar refractivity (Wildman–Crippen MR) is 220 cm³/mol. The molecule has 0 atom stereocenters. The molecule has 0 spiro atoms. The number of carboxylic acid groups (broad SMARTS) is 1. The van der Waals surface area contributed by atoms with Crippen LogP contribution in [-0.4, -0.2) is 52.3 Å². The van der Waals surface area contributed by atoms with Crippen molar-refractivity contribution in [2.24, 2.45) is 0 Å². The molecule has 1 amide bonds. The van der Waals surface area contributed by atoms with Crippen LogP contribution in [0.5, 0.6) is 0 Å². The van der Waals surface area contributed by atoms with E-state index in [1.807, 2.05) is 25.1 Å². The number of carboxylic acids is 1. The molecular formula is C43H29F2N9O4S. The number of hydrogen-bond acceptors (Lipinski definition) is 6. The Bertz CT molecular complexity index is 3240. The zero-order valence-corrected chi connectivity index (χ0v) is 32.1. The van der Waals surface area contributed by atoms with Gasteiger partial charge < -0.3 is 10.4 Å². The van der Waals surface area contributed by atoms with Gasteiger partial charge in [0, 0.05) is 25.1 Å². The van der Waals surface area contributed by atoms with Gasteiger partial charge in [-0.15, -0.1) is 0 Å². The van der Waals surface area contributed by atoms with Crippen LogP contribution in [0, 0.1) is 43.4 Å². The summed E-state index contributed by atoms with van der Waals surface area (Å²) in [5, 5.41) is 11.5. The third-order valence-electron chi connectivity index (χ3n) is 9.44. The fraction of sp³-hybridized carbons (Fsp3) is 0.0698. The van der Waals surface area contributed by atoms with Gasteiger partial charge in [-0.2, -0.15) is 0 Å². The molecule has 4 heterocycles. The van der Waals surface area contributed by atoms with Crippen LogP contribution < -0.4 is 11.0 Å². The highest BCUT2D eigenvalue weighted by Crippen LogP contribution is 2.29. The van der Waals surface area contributed by atoms with Gasteiger partial charge in [-0.25, -0.2) is 42.6 Å². The fourth-order valence-corrected chi connectivity index (χ4v) is 7.00. The molecule has 0 saturated carbocycles. The Balaban J connectivity index is 0.000000179. The molecule has 0 aliphatic heterocycles. The Labute approximate surface area is 339 Å². The van der Waals surface area contributed by atoms with E-state index < -0.39 is 34.8 Å². The summed E-state index contributed by atoms with van der Waals surface area (Å²) in [4.78, 5) is 51.9. The first-order chi connectivity index (χ1) is 28.4. The summed E-state index contributed by atoms with van der Waals surface area (Å²) in [6.07, 6.45) is 3.20. The van der Waals surface area contributed by atoms with E-state index in [1.54, 1.807) is 70.8 Å². The smallest absolute Gasteiger partial charge is 0.339 e. The maximum Gasteiger partial charge on any atom is 0.339 e. The molecule has 290 valence electrons. The Morgan fingerprint density at radius 2 is 1.14 bits per heavy atom. The number of aromatic carboxylic acids is 1. The lowest BCUT2D eigenvalue weighted by Gasteiger charge is -2.08. The molecule has 4 aromatic heterocycles. The molecule has 59 heavy (non-hydrogen) atoms. The minimum absolute atomic E-state index is 0.0417. The van der Waals surface area contributed by atoms with Crippen molar-refractivity contribution in [3.63, 3.8) is 0 Å². The summed E-state index contributed by atoms with van der Waals surface area (Å²) in [5.74, 6) is -3.47. The summed E-state index contributed by atoms with van der Waals surface area (Å²) in [5.41, 5.74) is 5.60. The number of nitrogens with one attached hydrogen (secondary N) is 1. The molecule has 4 aromatic carbocycles. The van der Waals surface area contributed by atoms with Gasteiger partial charge in [0.1, 0.15) is 11.6 Å². The number of fused-ring (bicyclic) bond motifs is 2. The number of pyridine rings is 2. The molecule has 0 bridgehead atoms. The van der Waals surface area contributed by atoms with E-state index in [2.05, 4.69) is 25.0 Å². The number of carbonyl (C=O) groups excluding carboxylic acids is 1. The molecule has 8 rings (SSSR count). The number of nitrogens with zero attached hydrogens (tertiary/aromatic N) is 8. The van der Waals surface area contributed by atoms with Crippen molar-refractivity contribution in [1.29, 1.82) is 0 Å². The minimum atomic E-state index is -1.39. The summed E-state index contributed by atoms with van der Waals surface area (Å²) in [6.45, 7) is 18.1. The quantitative estimate of drug-likeness (QED) is 0.127. The second kappa shape index (κ2) is 15.8. The maximum atomic E-state index is 14.6. The van der Waals surface area contributed by atoms with E-state index >= 15 is 0 Å². The number of imidazole rings is 2. The number of benzene rings is 4. The molecule has 16 heteroatoms. The van der Waals surface area contributed by atoms with Gasteiger partial charge in [-0.05, 0) is 122 Å². The summed E-state index contributed by atoms with van der Waals surface area (Å²) < 4.78 is 35.4. The van der Waals surface area contributed by atoms with Crippen molar-refractivity contribution in [2.45, 2.75) is 13.8 Å². The van der Waals surface area contributed by atoms with Gasteiger partial charge in [0.2, 0.25) is 0 Å². The van der Waals surface area contributed by atoms with Crippen LogP contribution in [0.3, 0.4) is 0 Å². The second-order valence-electron chi connectivity index (χ2n) is 13.0. The lowest BCUT2D eigenvalue weighted by Crippen LogP contribution is -2.22. The minimum Gasteiger partial charge on any atom is -0.478 e. The normalized spacial score (nSPS) is 10.8. The maximum absolute atomic E-state index is 14.6. The van der Waals surface area contributed by atoms with Crippen LogP contribution in [0.2, 0.25) is 0 Å². The van der Waals surface area contributed by atoms with E-state index in [0.29, 0.717) is 55.4 Å². The molecule has 0 fully saturated rings.